The minimum Gasteiger partial charge on any atom is -0.141 e. The molecule has 0 fully saturated rings. The van der Waals surface area contributed by atoms with Gasteiger partial charge in [0, 0.05) is 14.8 Å². The summed E-state index contributed by atoms with van der Waals surface area (Å²) in [5, 5.41) is 5.31. The van der Waals surface area contributed by atoms with Crippen molar-refractivity contribution >= 4 is 52.8 Å². The van der Waals surface area contributed by atoms with Crippen LogP contribution in [0.5, 0.6) is 0 Å². The van der Waals surface area contributed by atoms with E-state index in [-0.39, 0.29) is 0 Å². The van der Waals surface area contributed by atoms with E-state index in [0.717, 1.165) is 0 Å². The molecule has 0 saturated carbocycles. The van der Waals surface area contributed by atoms with Gasteiger partial charge in [-0.2, -0.15) is 0 Å². The van der Waals surface area contributed by atoms with Crippen LogP contribution in [0.15, 0.2) is 17.5 Å². The first-order valence-electron chi connectivity index (χ1n) is 3.21. The minimum absolute atomic E-state index is 1.39. The summed E-state index contributed by atoms with van der Waals surface area (Å²) in [6.07, 6.45) is 0. The normalized spacial score (nSPS) is 11.6. The van der Waals surface area contributed by atoms with Crippen LogP contribution in [0.1, 0.15) is 0 Å². The standard InChI is InChI=1S/C8H3S3/c1-3-9-7-5(1)11-6-2-4-10-8(6)7/h1-3H. The first-order valence-corrected chi connectivity index (χ1v) is 5.72. The van der Waals surface area contributed by atoms with Crippen LogP contribution >= 0.6 is 34.0 Å². The molecule has 0 nitrogen and oxygen atoms in total. The zero-order valence-electron chi connectivity index (χ0n) is 5.46. The van der Waals surface area contributed by atoms with Crippen molar-refractivity contribution in [1.82, 2.24) is 0 Å². The van der Waals surface area contributed by atoms with Crippen LogP contribution in [-0.2, 0) is 0 Å². The Hall–Kier alpha value is -0.380. The number of fused-ring (bicyclic) bond motifs is 3. The Morgan fingerprint density at radius 1 is 1.18 bits per heavy atom. The van der Waals surface area contributed by atoms with Crippen LogP contribution in [0, 0.1) is 5.38 Å². The Morgan fingerprint density at radius 3 is 3.18 bits per heavy atom. The molecule has 11 heavy (non-hydrogen) atoms. The van der Waals surface area contributed by atoms with E-state index in [9.17, 15) is 0 Å². The van der Waals surface area contributed by atoms with Gasteiger partial charge in [-0.05, 0) is 17.5 Å². The van der Waals surface area contributed by atoms with E-state index in [0.29, 0.717) is 0 Å². The Bertz CT molecular complexity index is 452. The summed E-state index contributed by atoms with van der Waals surface area (Å²) >= 11 is 5.42. The lowest BCUT2D eigenvalue weighted by molar-refractivity contribution is 2.22. The van der Waals surface area contributed by atoms with E-state index < -0.39 is 0 Å². The van der Waals surface area contributed by atoms with Crippen LogP contribution in [-0.4, -0.2) is 0 Å². The summed E-state index contributed by atoms with van der Waals surface area (Å²) in [4.78, 5) is 0. The molecule has 1 radical (unpaired) electrons. The van der Waals surface area contributed by atoms with Gasteiger partial charge in [0.1, 0.15) is 0 Å². The minimum atomic E-state index is 1.39. The van der Waals surface area contributed by atoms with Crippen molar-refractivity contribution < 1.29 is 0 Å². The van der Waals surface area contributed by atoms with Gasteiger partial charge in [0.05, 0.1) is 9.40 Å². The Labute approximate surface area is 75.7 Å². The van der Waals surface area contributed by atoms with Gasteiger partial charge < -0.3 is 0 Å². The SMILES string of the molecule is [c]1cc2sc3ccsc3c2s1. The Morgan fingerprint density at radius 2 is 2.18 bits per heavy atom. The van der Waals surface area contributed by atoms with Crippen molar-refractivity contribution in [3.63, 3.8) is 0 Å². The predicted molar refractivity (Wildman–Crippen MR) is 53.9 cm³/mol. The average molecular weight is 195 g/mol. The zero-order chi connectivity index (χ0) is 7.26. The fourth-order valence-corrected chi connectivity index (χ4v) is 4.51. The van der Waals surface area contributed by atoms with Gasteiger partial charge in [-0.3, -0.25) is 0 Å². The highest BCUT2D eigenvalue weighted by atomic mass is 32.1. The predicted octanol–water partition coefficient (Wildman–Crippen LogP) is 3.98. The molecule has 3 heterocycles. The maximum Gasteiger partial charge on any atom is 0.0636 e. The van der Waals surface area contributed by atoms with Crippen LogP contribution in [0.4, 0.5) is 0 Å². The topological polar surface area (TPSA) is 0 Å². The average Bonchev–Trinajstić information content (AvgIpc) is 2.52. The summed E-state index contributed by atoms with van der Waals surface area (Å²) in [6, 6.07) is 4.27. The molecule has 3 heteroatoms. The third kappa shape index (κ3) is 0.732. The molecule has 0 atom stereocenters. The van der Waals surface area contributed by atoms with Gasteiger partial charge in [-0.25, -0.2) is 0 Å². The molecule has 53 valence electrons. The molecule has 0 aliphatic carbocycles. The first kappa shape index (κ1) is 6.17. The van der Waals surface area contributed by atoms with Gasteiger partial charge in [-0.1, -0.05) is 0 Å². The van der Waals surface area contributed by atoms with Gasteiger partial charge in [0.2, 0.25) is 0 Å². The van der Waals surface area contributed by atoms with Crippen molar-refractivity contribution in [1.29, 1.82) is 0 Å². The number of rotatable bonds is 0. The molecule has 0 aliphatic rings. The van der Waals surface area contributed by atoms with E-state index in [4.69, 9.17) is 0 Å². The van der Waals surface area contributed by atoms with Crippen LogP contribution in [0.3, 0.4) is 0 Å². The third-order valence-corrected chi connectivity index (χ3v) is 4.92. The van der Waals surface area contributed by atoms with E-state index in [1.807, 2.05) is 22.7 Å². The zero-order valence-corrected chi connectivity index (χ0v) is 7.91. The van der Waals surface area contributed by atoms with Gasteiger partial charge >= 0.3 is 0 Å². The number of hydrogen-bond donors (Lipinski definition) is 0. The lowest BCUT2D eigenvalue weighted by Crippen LogP contribution is -1.39. The molecule has 3 aromatic rings. The fraction of sp³-hybridized carbons (Fsp3) is 0. The van der Waals surface area contributed by atoms with Crippen molar-refractivity contribution in [2.45, 2.75) is 0 Å². The maximum atomic E-state index is 3.16. The molecule has 0 amide bonds. The highest BCUT2D eigenvalue weighted by Crippen LogP contribution is 2.39. The lowest BCUT2D eigenvalue weighted by Gasteiger charge is -1.71. The summed E-state index contributed by atoms with van der Waals surface area (Å²) in [6.45, 7) is 0. The summed E-state index contributed by atoms with van der Waals surface area (Å²) in [5.74, 6) is 0. The van der Waals surface area contributed by atoms with E-state index in [1.165, 1.54) is 18.8 Å². The third-order valence-electron chi connectivity index (χ3n) is 1.63. The van der Waals surface area contributed by atoms with Crippen molar-refractivity contribution in [3.05, 3.63) is 22.9 Å². The maximum absolute atomic E-state index is 3.16. The van der Waals surface area contributed by atoms with E-state index >= 15 is 0 Å². The van der Waals surface area contributed by atoms with Crippen molar-refractivity contribution in [2.75, 3.05) is 0 Å². The molecule has 0 aromatic carbocycles. The molecular weight excluding hydrogens is 192 g/mol. The Balaban J connectivity index is 2.75. The quantitative estimate of drug-likeness (QED) is 0.509. The molecule has 0 spiro atoms. The first-order chi connectivity index (χ1) is 5.45. The summed E-state index contributed by atoms with van der Waals surface area (Å²) < 4.78 is 5.67. The lowest BCUT2D eigenvalue weighted by atomic mass is 10.5. The van der Waals surface area contributed by atoms with Gasteiger partial charge in [-0.15, -0.1) is 34.0 Å². The second-order valence-corrected chi connectivity index (χ2v) is 5.12. The number of thiophene rings is 3. The Kier molecular flexibility index (Phi) is 1.16. The fourth-order valence-electron chi connectivity index (χ4n) is 1.15. The van der Waals surface area contributed by atoms with Gasteiger partial charge in [0.15, 0.2) is 0 Å². The second-order valence-electron chi connectivity index (χ2n) is 2.27. The van der Waals surface area contributed by atoms with Crippen LogP contribution < -0.4 is 0 Å². The molecule has 0 bridgehead atoms. The summed E-state index contributed by atoms with van der Waals surface area (Å²) in [7, 11) is 0. The highest BCUT2D eigenvalue weighted by Gasteiger charge is 2.05. The monoisotopic (exact) mass is 195 g/mol. The molecule has 0 aliphatic heterocycles. The van der Waals surface area contributed by atoms with Gasteiger partial charge in [0.25, 0.3) is 0 Å². The van der Waals surface area contributed by atoms with E-state index in [1.54, 1.807) is 11.3 Å². The van der Waals surface area contributed by atoms with E-state index in [2.05, 4.69) is 22.9 Å². The smallest absolute Gasteiger partial charge is 0.0636 e. The van der Waals surface area contributed by atoms with Crippen LogP contribution in [0.2, 0.25) is 0 Å². The summed E-state index contributed by atoms with van der Waals surface area (Å²) in [5.41, 5.74) is 0. The molecular formula is C8H3S3. The largest absolute Gasteiger partial charge is 0.141 e. The molecule has 3 aromatic heterocycles. The van der Waals surface area contributed by atoms with Crippen molar-refractivity contribution in [3.8, 4) is 0 Å². The molecule has 0 unspecified atom stereocenters. The highest BCUT2D eigenvalue weighted by molar-refractivity contribution is 7.37. The molecule has 0 saturated heterocycles. The van der Waals surface area contributed by atoms with Crippen LogP contribution in [0.25, 0.3) is 18.8 Å². The second kappa shape index (κ2) is 2.06. The molecule has 0 N–H and O–H groups in total. The molecule has 3 rings (SSSR count). The van der Waals surface area contributed by atoms with Crippen molar-refractivity contribution in [2.24, 2.45) is 0 Å². The number of hydrogen-bond acceptors (Lipinski definition) is 3.